The van der Waals surface area contributed by atoms with Crippen LogP contribution in [-0.4, -0.2) is 25.0 Å². The molecule has 2 atom stereocenters. The highest BCUT2D eigenvalue weighted by atomic mass is 16.1. The third-order valence-corrected chi connectivity index (χ3v) is 4.51. The first-order valence-corrected chi connectivity index (χ1v) is 7.65. The molecule has 2 unspecified atom stereocenters. The fourth-order valence-electron chi connectivity index (χ4n) is 3.28. The first-order chi connectivity index (χ1) is 9.74. The first kappa shape index (κ1) is 13.4. The molecule has 1 aliphatic carbocycles. The van der Waals surface area contributed by atoms with E-state index in [1.54, 1.807) is 0 Å². The lowest BCUT2D eigenvalue weighted by molar-refractivity contribution is -0.120. The van der Waals surface area contributed by atoms with Crippen LogP contribution < -0.4 is 16.0 Å². The summed E-state index contributed by atoms with van der Waals surface area (Å²) in [5.74, 6) is 0.0529. The summed E-state index contributed by atoms with van der Waals surface area (Å²) in [5.41, 5.74) is 8.09. The smallest absolute Gasteiger partial charge is 0.229 e. The zero-order valence-corrected chi connectivity index (χ0v) is 11.8. The highest BCUT2D eigenvalue weighted by Crippen LogP contribution is 2.26. The normalized spacial score (nSPS) is 25.9. The van der Waals surface area contributed by atoms with Gasteiger partial charge in [0.05, 0.1) is 5.92 Å². The van der Waals surface area contributed by atoms with Crippen LogP contribution in [0.25, 0.3) is 0 Å². The fourth-order valence-corrected chi connectivity index (χ4v) is 3.28. The van der Waals surface area contributed by atoms with Crippen LogP contribution in [0.15, 0.2) is 24.3 Å². The third kappa shape index (κ3) is 2.80. The molecule has 4 heteroatoms. The number of amides is 1. The summed E-state index contributed by atoms with van der Waals surface area (Å²) >= 11 is 0. The molecule has 3 N–H and O–H groups in total. The van der Waals surface area contributed by atoms with Crippen molar-refractivity contribution in [3.8, 4) is 0 Å². The number of benzene rings is 1. The molecule has 4 nitrogen and oxygen atoms in total. The lowest BCUT2D eigenvalue weighted by atomic mass is 10.0. The number of hydrogen-bond acceptors (Lipinski definition) is 3. The molecule has 3 rings (SSSR count). The van der Waals surface area contributed by atoms with E-state index in [9.17, 15) is 4.79 Å². The van der Waals surface area contributed by atoms with E-state index in [4.69, 9.17) is 5.73 Å². The first-order valence-electron chi connectivity index (χ1n) is 7.65. The molecule has 1 aliphatic heterocycles. The van der Waals surface area contributed by atoms with Gasteiger partial charge in [0.25, 0.3) is 0 Å². The summed E-state index contributed by atoms with van der Waals surface area (Å²) in [6.07, 6.45) is 5.49. The van der Waals surface area contributed by atoms with E-state index >= 15 is 0 Å². The van der Waals surface area contributed by atoms with E-state index in [0.29, 0.717) is 0 Å². The standard InChI is InChI=1S/C16H23N3O/c17-15-5-3-4-14(15)16(20)18-12-6-8-13(9-7-12)19-10-1-2-11-19/h6-9,14-15H,1-5,10-11,17H2,(H,18,20). The molecule has 1 saturated carbocycles. The minimum atomic E-state index is -0.0201. The van der Waals surface area contributed by atoms with Crippen molar-refractivity contribution < 1.29 is 4.79 Å². The second kappa shape index (κ2) is 5.83. The van der Waals surface area contributed by atoms with E-state index in [1.807, 2.05) is 12.1 Å². The molecular weight excluding hydrogens is 250 g/mol. The maximum absolute atomic E-state index is 12.2. The summed E-state index contributed by atoms with van der Waals surface area (Å²) in [7, 11) is 0. The minimum absolute atomic E-state index is 0.0201. The van der Waals surface area contributed by atoms with Crippen LogP contribution in [0.2, 0.25) is 0 Å². The molecule has 2 fully saturated rings. The SMILES string of the molecule is NC1CCCC1C(=O)Nc1ccc(N2CCCC2)cc1. The van der Waals surface area contributed by atoms with Crippen LogP contribution >= 0.6 is 0 Å². The number of carbonyl (C=O) groups excluding carboxylic acids is 1. The van der Waals surface area contributed by atoms with Gasteiger partial charge in [-0.15, -0.1) is 0 Å². The van der Waals surface area contributed by atoms with E-state index in [-0.39, 0.29) is 17.9 Å². The van der Waals surface area contributed by atoms with Crippen molar-refractivity contribution in [2.75, 3.05) is 23.3 Å². The van der Waals surface area contributed by atoms with E-state index in [2.05, 4.69) is 22.3 Å². The third-order valence-electron chi connectivity index (χ3n) is 4.51. The minimum Gasteiger partial charge on any atom is -0.372 e. The Bertz CT molecular complexity index is 465. The largest absolute Gasteiger partial charge is 0.372 e. The molecule has 0 aromatic heterocycles. The van der Waals surface area contributed by atoms with Gasteiger partial charge >= 0.3 is 0 Å². The molecule has 2 aliphatic rings. The van der Waals surface area contributed by atoms with E-state index in [1.165, 1.54) is 18.5 Å². The summed E-state index contributed by atoms with van der Waals surface area (Å²) in [6.45, 7) is 2.28. The molecule has 1 aromatic rings. The summed E-state index contributed by atoms with van der Waals surface area (Å²) < 4.78 is 0. The molecule has 0 bridgehead atoms. The number of nitrogens with two attached hydrogens (primary N) is 1. The predicted octanol–water partition coefficient (Wildman–Crippen LogP) is 2.35. The summed E-state index contributed by atoms with van der Waals surface area (Å²) in [6, 6.07) is 8.20. The van der Waals surface area contributed by atoms with Crippen LogP contribution in [0.4, 0.5) is 11.4 Å². The molecule has 20 heavy (non-hydrogen) atoms. The van der Waals surface area contributed by atoms with Crippen molar-refractivity contribution in [2.45, 2.75) is 38.1 Å². The second-order valence-electron chi connectivity index (χ2n) is 5.93. The number of nitrogens with one attached hydrogen (secondary N) is 1. The quantitative estimate of drug-likeness (QED) is 0.889. The number of hydrogen-bond donors (Lipinski definition) is 2. The van der Waals surface area contributed by atoms with Gasteiger partial charge in [-0.05, 0) is 49.9 Å². The molecule has 1 amide bonds. The Balaban J connectivity index is 1.61. The Kier molecular flexibility index (Phi) is 3.92. The van der Waals surface area contributed by atoms with Gasteiger partial charge in [-0.2, -0.15) is 0 Å². The van der Waals surface area contributed by atoms with Gasteiger partial charge in [-0.25, -0.2) is 0 Å². The maximum atomic E-state index is 12.2. The number of rotatable bonds is 3. The van der Waals surface area contributed by atoms with Crippen molar-refractivity contribution in [3.63, 3.8) is 0 Å². The van der Waals surface area contributed by atoms with Crippen LogP contribution in [0, 0.1) is 5.92 Å². The number of carbonyl (C=O) groups is 1. The van der Waals surface area contributed by atoms with Crippen molar-refractivity contribution in [2.24, 2.45) is 11.7 Å². The Morgan fingerprint density at radius 1 is 1.10 bits per heavy atom. The van der Waals surface area contributed by atoms with E-state index < -0.39 is 0 Å². The molecule has 1 heterocycles. The highest BCUT2D eigenvalue weighted by Gasteiger charge is 2.30. The topological polar surface area (TPSA) is 58.4 Å². The van der Waals surface area contributed by atoms with Gasteiger partial charge in [0.15, 0.2) is 0 Å². The zero-order valence-electron chi connectivity index (χ0n) is 11.8. The summed E-state index contributed by atoms with van der Waals surface area (Å²) in [5, 5.41) is 2.99. The van der Waals surface area contributed by atoms with Crippen molar-refractivity contribution >= 4 is 17.3 Å². The van der Waals surface area contributed by atoms with Gasteiger partial charge in [0, 0.05) is 30.5 Å². The zero-order chi connectivity index (χ0) is 13.9. The molecule has 1 saturated heterocycles. The highest BCUT2D eigenvalue weighted by molar-refractivity contribution is 5.93. The van der Waals surface area contributed by atoms with Gasteiger partial charge in [-0.1, -0.05) is 6.42 Å². The van der Waals surface area contributed by atoms with Crippen molar-refractivity contribution in [1.82, 2.24) is 0 Å². The number of nitrogens with zero attached hydrogens (tertiary/aromatic N) is 1. The molecule has 0 spiro atoms. The van der Waals surface area contributed by atoms with Gasteiger partial charge < -0.3 is 16.0 Å². The Labute approximate surface area is 120 Å². The molecule has 1 aromatic carbocycles. The lowest BCUT2D eigenvalue weighted by Crippen LogP contribution is -2.34. The lowest BCUT2D eigenvalue weighted by Gasteiger charge is -2.19. The Morgan fingerprint density at radius 3 is 2.40 bits per heavy atom. The van der Waals surface area contributed by atoms with Crippen LogP contribution in [-0.2, 0) is 4.79 Å². The van der Waals surface area contributed by atoms with Gasteiger partial charge in [0.2, 0.25) is 5.91 Å². The monoisotopic (exact) mass is 273 g/mol. The van der Waals surface area contributed by atoms with Crippen molar-refractivity contribution in [3.05, 3.63) is 24.3 Å². The summed E-state index contributed by atoms with van der Waals surface area (Å²) in [4.78, 5) is 14.6. The average molecular weight is 273 g/mol. The number of anilines is 2. The Morgan fingerprint density at radius 2 is 1.80 bits per heavy atom. The fraction of sp³-hybridized carbons (Fsp3) is 0.562. The van der Waals surface area contributed by atoms with Gasteiger partial charge in [-0.3, -0.25) is 4.79 Å². The van der Waals surface area contributed by atoms with Crippen LogP contribution in [0.3, 0.4) is 0 Å². The molecule has 108 valence electrons. The van der Waals surface area contributed by atoms with Crippen molar-refractivity contribution in [1.29, 1.82) is 0 Å². The molecular formula is C16H23N3O. The van der Waals surface area contributed by atoms with Crippen LogP contribution in [0.5, 0.6) is 0 Å². The van der Waals surface area contributed by atoms with E-state index in [0.717, 1.165) is 38.0 Å². The maximum Gasteiger partial charge on any atom is 0.229 e. The Hall–Kier alpha value is -1.55. The van der Waals surface area contributed by atoms with Crippen LogP contribution in [0.1, 0.15) is 32.1 Å². The predicted molar refractivity (Wildman–Crippen MR) is 81.8 cm³/mol. The van der Waals surface area contributed by atoms with Gasteiger partial charge in [0.1, 0.15) is 0 Å². The average Bonchev–Trinajstić information content (AvgIpc) is 3.10. The second-order valence-corrected chi connectivity index (χ2v) is 5.93. The molecule has 0 radical (unpaired) electrons.